The summed E-state index contributed by atoms with van der Waals surface area (Å²) in [6, 6.07) is 8.43. The Kier molecular flexibility index (Phi) is 4.27. The standard InChI is InChI=1S/C19H20ClN3O/c20-18-9-13(12-23-5-3-14(21)4-6-23)8-15-16(18)10-22-11-17(15)19-2-1-7-24-19/h1-2,7-11,14H,3-6,12,21H2. The van der Waals surface area contributed by atoms with Gasteiger partial charge < -0.3 is 10.2 Å². The molecule has 3 aromatic rings. The minimum atomic E-state index is 0.345. The van der Waals surface area contributed by atoms with E-state index < -0.39 is 0 Å². The monoisotopic (exact) mass is 341 g/mol. The maximum Gasteiger partial charge on any atom is 0.136 e. The minimum absolute atomic E-state index is 0.345. The van der Waals surface area contributed by atoms with Gasteiger partial charge in [-0.05, 0) is 61.1 Å². The first-order valence-corrected chi connectivity index (χ1v) is 8.66. The number of hydrogen-bond acceptors (Lipinski definition) is 4. The van der Waals surface area contributed by atoms with Crippen molar-refractivity contribution in [2.45, 2.75) is 25.4 Å². The van der Waals surface area contributed by atoms with Crippen molar-refractivity contribution in [3.05, 3.63) is 53.5 Å². The molecule has 0 saturated carbocycles. The maximum atomic E-state index is 6.53. The average Bonchev–Trinajstić information content (AvgIpc) is 3.11. The molecule has 1 fully saturated rings. The van der Waals surface area contributed by atoms with Gasteiger partial charge in [-0.15, -0.1) is 0 Å². The molecule has 1 aromatic carbocycles. The van der Waals surface area contributed by atoms with Crippen LogP contribution in [-0.2, 0) is 6.54 Å². The third-order valence-corrected chi connectivity index (χ3v) is 5.02. The number of nitrogens with two attached hydrogens (primary N) is 1. The molecule has 124 valence electrons. The van der Waals surface area contributed by atoms with Crippen LogP contribution in [0.5, 0.6) is 0 Å². The third-order valence-electron chi connectivity index (χ3n) is 4.71. The number of nitrogens with zero attached hydrogens (tertiary/aromatic N) is 2. The molecule has 1 saturated heterocycles. The Labute approximate surface area is 146 Å². The van der Waals surface area contributed by atoms with Gasteiger partial charge in [0.1, 0.15) is 5.76 Å². The van der Waals surface area contributed by atoms with Crippen LogP contribution in [0.3, 0.4) is 0 Å². The number of hydrogen-bond donors (Lipinski definition) is 1. The second-order valence-electron chi connectivity index (χ2n) is 6.45. The number of rotatable bonds is 3. The number of aromatic nitrogens is 1. The maximum absolute atomic E-state index is 6.53. The summed E-state index contributed by atoms with van der Waals surface area (Å²) in [6.45, 7) is 2.97. The highest BCUT2D eigenvalue weighted by Gasteiger charge is 2.17. The summed E-state index contributed by atoms with van der Waals surface area (Å²) in [6.07, 6.45) is 7.44. The zero-order chi connectivity index (χ0) is 16.5. The quantitative estimate of drug-likeness (QED) is 0.780. The van der Waals surface area contributed by atoms with E-state index in [9.17, 15) is 0 Å². The van der Waals surface area contributed by atoms with Gasteiger partial charge >= 0.3 is 0 Å². The second kappa shape index (κ2) is 6.55. The fourth-order valence-corrected chi connectivity index (χ4v) is 3.66. The molecule has 0 aliphatic carbocycles. The smallest absolute Gasteiger partial charge is 0.136 e. The van der Waals surface area contributed by atoms with Gasteiger partial charge in [-0.3, -0.25) is 9.88 Å². The third kappa shape index (κ3) is 3.05. The minimum Gasteiger partial charge on any atom is -0.464 e. The highest BCUT2D eigenvalue weighted by Crippen LogP contribution is 2.33. The molecule has 4 rings (SSSR count). The zero-order valence-electron chi connectivity index (χ0n) is 13.4. The van der Waals surface area contributed by atoms with Gasteiger partial charge in [-0.25, -0.2) is 0 Å². The molecule has 2 aromatic heterocycles. The van der Waals surface area contributed by atoms with Crippen LogP contribution in [0.2, 0.25) is 5.02 Å². The summed E-state index contributed by atoms with van der Waals surface area (Å²) >= 11 is 6.53. The summed E-state index contributed by atoms with van der Waals surface area (Å²) in [5.74, 6) is 0.810. The van der Waals surface area contributed by atoms with Crippen molar-refractivity contribution in [1.29, 1.82) is 0 Å². The predicted octanol–water partition coefficient (Wildman–Crippen LogP) is 4.07. The molecule has 1 aliphatic heterocycles. The Morgan fingerprint density at radius 1 is 1.21 bits per heavy atom. The Morgan fingerprint density at radius 2 is 2.04 bits per heavy atom. The summed E-state index contributed by atoms with van der Waals surface area (Å²) in [5, 5.41) is 2.77. The van der Waals surface area contributed by atoms with Crippen molar-refractivity contribution in [1.82, 2.24) is 9.88 Å². The molecular weight excluding hydrogens is 322 g/mol. The fraction of sp³-hybridized carbons (Fsp3) is 0.316. The van der Waals surface area contributed by atoms with Gasteiger partial charge in [0.25, 0.3) is 0 Å². The number of piperidine rings is 1. The molecule has 0 radical (unpaired) electrons. The normalized spacial score (nSPS) is 16.8. The van der Waals surface area contributed by atoms with Gasteiger partial charge in [0, 0.05) is 35.9 Å². The summed E-state index contributed by atoms with van der Waals surface area (Å²) in [4.78, 5) is 6.75. The van der Waals surface area contributed by atoms with Crippen LogP contribution in [0.25, 0.3) is 22.1 Å². The lowest BCUT2D eigenvalue weighted by Gasteiger charge is -2.30. The molecule has 0 unspecified atom stereocenters. The van der Waals surface area contributed by atoms with Crippen LogP contribution < -0.4 is 5.73 Å². The van der Waals surface area contributed by atoms with Gasteiger partial charge in [-0.2, -0.15) is 0 Å². The first-order chi connectivity index (χ1) is 11.7. The molecule has 5 heteroatoms. The first-order valence-electron chi connectivity index (χ1n) is 8.28. The van der Waals surface area contributed by atoms with Gasteiger partial charge in [0.05, 0.1) is 11.3 Å². The summed E-state index contributed by atoms with van der Waals surface area (Å²) in [5.41, 5.74) is 8.18. The number of likely N-dealkylation sites (tertiary alicyclic amines) is 1. The summed E-state index contributed by atoms with van der Waals surface area (Å²) in [7, 11) is 0. The van der Waals surface area contributed by atoms with Crippen LogP contribution in [0.4, 0.5) is 0 Å². The van der Waals surface area contributed by atoms with E-state index in [1.807, 2.05) is 30.6 Å². The molecule has 4 nitrogen and oxygen atoms in total. The van der Waals surface area contributed by atoms with Gasteiger partial charge in [0.2, 0.25) is 0 Å². The lowest BCUT2D eigenvalue weighted by atomic mass is 10.0. The molecule has 1 aliphatic rings. The molecule has 0 amide bonds. The number of fused-ring (bicyclic) bond motifs is 1. The van der Waals surface area contributed by atoms with E-state index in [1.54, 1.807) is 6.26 Å². The SMILES string of the molecule is NC1CCN(Cc2cc(Cl)c3cncc(-c4ccco4)c3c2)CC1. The van der Waals surface area contributed by atoms with Crippen LogP contribution >= 0.6 is 11.6 Å². The van der Waals surface area contributed by atoms with E-state index in [0.29, 0.717) is 6.04 Å². The Morgan fingerprint density at radius 3 is 2.79 bits per heavy atom. The Hall–Kier alpha value is -1.88. The second-order valence-corrected chi connectivity index (χ2v) is 6.86. The van der Waals surface area contributed by atoms with E-state index in [4.69, 9.17) is 21.8 Å². The number of furan rings is 1. The van der Waals surface area contributed by atoms with E-state index in [2.05, 4.69) is 16.0 Å². The van der Waals surface area contributed by atoms with E-state index in [-0.39, 0.29) is 0 Å². The lowest BCUT2D eigenvalue weighted by Crippen LogP contribution is -2.39. The predicted molar refractivity (Wildman–Crippen MR) is 96.9 cm³/mol. The summed E-state index contributed by atoms with van der Waals surface area (Å²) < 4.78 is 5.56. The molecule has 24 heavy (non-hydrogen) atoms. The van der Waals surface area contributed by atoms with Crippen LogP contribution in [-0.4, -0.2) is 29.0 Å². The van der Waals surface area contributed by atoms with E-state index in [1.165, 1.54) is 5.56 Å². The van der Waals surface area contributed by atoms with Crippen molar-refractivity contribution >= 4 is 22.4 Å². The molecular formula is C19H20ClN3O. The van der Waals surface area contributed by atoms with Gasteiger partial charge in [0.15, 0.2) is 0 Å². The van der Waals surface area contributed by atoms with Crippen molar-refractivity contribution in [2.75, 3.05) is 13.1 Å². The average molecular weight is 342 g/mol. The molecule has 2 N–H and O–H groups in total. The molecule has 0 atom stereocenters. The highest BCUT2D eigenvalue weighted by molar-refractivity contribution is 6.36. The molecule has 0 spiro atoms. The van der Waals surface area contributed by atoms with Crippen LogP contribution in [0, 0.1) is 0 Å². The van der Waals surface area contributed by atoms with Crippen LogP contribution in [0.1, 0.15) is 18.4 Å². The molecule has 3 heterocycles. The molecule has 0 bridgehead atoms. The Balaban J connectivity index is 1.71. The van der Waals surface area contributed by atoms with Crippen molar-refractivity contribution in [3.63, 3.8) is 0 Å². The zero-order valence-corrected chi connectivity index (χ0v) is 14.2. The fourth-order valence-electron chi connectivity index (χ4n) is 3.37. The topological polar surface area (TPSA) is 55.3 Å². The number of halogens is 1. The Bertz CT molecular complexity index is 839. The van der Waals surface area contributed by atoms with Crippen LogP contribution in [0.15, 0.2) is 47.3 Å². The van der Waals surface area contributed by atoms with Crippen molar-refractivity contribution in [3.8, 4) is 11.3 Å². The van der Waals surface area contributed by atoms with Crippen molar-refractivity contribution < 1.29 is 4.42 Å². The van der Waals surface area contributed by atoms with E-state index in [0.717, 1.165) is 59.6 Å². The number of benzene rings is 1. The number of pyridine rings is 1. The van der Waals surface area contributed by atoms with Crippen molar-refractivity contribution in [2.24, 2.45) is 5.73 Å². The highest BCUT2D eigenvalue weighted by atomic mass is 35.5. The largest absolute Gasteiger partial charge is 0.464 e. The van der Waals surface area contributed by atoms with Gasteiger partial charge in [-0.1, -0.05) is 11.6 Å². The van der Waals surface area contributed by atoms with E-state index >= 15 is 0 Å². The first kappa shape index (κ1) is 15.6. The lowest BCUT2D eigenvalue weighted by molar-refractivity contribution is 0.206.